The van der Waals surface area contributed by atoms with E-state index >= 15 is 0 Å². The Bertz CT molecular complexity index is 610. The van der Waals surface area contributed by atoms with Crippen LogP contribution in [0.2, 0.25) is 0 Å². The average molecular weight is 325 g/mol. The van der Waals surface area contributed by atoms with Crippen molar-refractivity contribution in [1.29, 1.82) is 0 Å². The number of hydrogen-bond acceptors (Lipinski definition) is 4. The lowest BCUT2D eigenvalue weighted by Gasteiger charge is -2.33. The third kappa shape index (κ3) is 4.31. The number of morpholine rings is 1. The van der Waals surface area contributed by atoms with Gasteiger partial charge in [0.2, 0.25) is 0 Å². The van der Waals surface area contributed by atoms with Gasteiger partial charge in [0.25, 0.3) is 0 Å². The highest BCUT2D eigenvalue weighted by molar-refractivity contribution is 7.92. The van der Waals surface area contributed by atoms with Gasteiger partial charge in [-0.3, -0.25) is 4.90 Å². The van der Waals surface area contributed by atoms with Crippen molar-refractivity contribution < 1.29 is 13.2 Å². The molecule has 124 valence electrons. The molecule has 0 aromatic heterocycles. The van der Waals surface area contributed by atoms with Crippen LogP contribution in [0, 0.1) is 13.8 Å². The second kappa shape index (κ2) is 7.11. The van der Waals surface area contributed by atoms with Gasteiger partial charge in [-0.25, -0.2) is 8.42 Å². The first kappa shape index (κ1) is 17.4. The molecule has 1 fully saturated rings. The fourth-order valence-electron chi connectivity index (χ4n) is 2.77. The van der Waals surface area contributed by atoms with Crippen LogP contribution in [0.25, 0.3) is 0 Å². The fraction of sp³-hybridized carbons (Fsp3) is 0.647. The summed E-state index contributed by atoms with van der Waals surface area (Å²) in [6, 6.07) is 6.40. The van der Waals surface area contributed by atoms with Crippen LogP contribution in [0.5, 0.6) is 0 Å². The van der Waals surface area contributed by atoms with Gasteiger partial charge >= 0.3 is 0 Å². The van der Waals surface area contributed by atoms with E-state index in [1.165, 1.54) is 16.7 Å². The van der Waals surface area contributed by atoms with Gasteiger partial charge in [0.05, 0.1) is 23.7 Å². The lowest BCUT2D eigenvalue weighted by atomic mass is 10.00. The van der Waals surface area contributed by atoms with E-state index in [1.54, 1.807) is 13.8 Å². The van der Waals surface area contributed by atoms with Crippen molar-refractivity contribution in [2.45, 2.75) is 39.0 Å². The van der Waals surface area contributed by atoms with Crippen LogP contribution in [0.4, 0.5) is 0 Å². The summed E-state index contributed by atoms with van der Waals surface area (Å²) in [6.45, 7) is 10.5. The molecule has 0 radical (unpaired) electrons. The van der Waals surface area contributed by atoms with Crippen LogP contribution >= 0.6 is 0 Å². The fourth-order valence-corrected chi connectivity index (χ4v) is 3.76. The summed E-state index contributed by atoms with van der Waals surface area (Å²) < 4.78 is 29.8. The molecule has 0 bridgehead atoms. The second-order valence-corrected chi connectivity index (χ2v) is 9.11. The Kier molecular flexibility index (Phi) is 5.64. The number of nitrogens with zero attached hydrogens (tertiary/aromatic N) is 1. The Morgan fingerprint density at radius 2 is 2.05 bits per heavy atom. The summed E-state index contributed by atoms with van der Waals surface area (Å²) >= 11 is 0. The van der Waals surface area contributed by atoms with Gasteiger partial charge in [0, 0.05) is 19.6 Å². The molecule has 2 rings (SSSR count). The third-order valence-electron chi connectivity index (χ3n) is 4.33. The zero-order valence-corrected chi connectivity index (χ0v) is 14.8. The Morgan fingerprint density at radius 3 is 2.68 bits per heavy atom. The topological polar surface area (TPSA) is 46.6 Å². The van der Waals surface area contributed by atoms with E-state index in [2.05, 4.69) is 36.9 Å². The van der Waals surface area contributed by atoms with E-state index in [-0.39, 0.29) is 17.1 Å². The van der Waals surface area contributed by atoms with E-state index in [0.717, 1.165) is 13.1 Å². The largest absolute Gasteiger partial charge is 0.371 e. The highest BCUT2D eigenvalue weighted by Gasteiger charge is 2.25. The molecule has 1 aromatic carbocycles. The quantitative estimate of drug-likeness (QED) is 0.834. The summed E-state index contributed by atoms with van der Waals surface area (Å²) in [5.74, 6) is 0.226. The van der Waals surface area contributed by atoms with E-state index in [4.69, 9.17) is 4.74 Å². The predicted molar refractivity (Wildman–Crippen MR) is 90.0 cm³/mol. The third-order valence-corrected chi connectivity index (χ3v) is 6.52. The van der Waals surface area contributed by atoms with Gasteiger partial charge in [-0.15, -0.1) is 0 Å². The van der Waals surface area contributed by atoms with E-state index < -0.39 is 9.84 Å². The number of sulfone groups is 1. The summed E-state index contributed by atoms with van der Waals surface area (Å²) in [4.78, 5) is 2.20. The molecular formula is C17H27NO3S. The Morgan fingerprint density at radius 1 is 1.32 bits per heavy atom. The van der Waals surface area contributed by atoms with Gasteiger partial charge in [-0.2, -0.15) is 0 Å². The van der Waals surface area contributed by atoms with Crippen molar-refractivity contribution >= 4 is 9.84 Å². The molecule has 22 heavy (non-hydrogen) atoms. The molecule has 0 N–H and O–H groups in total. The maximum absolute atomic E-state index is 12.0. The second-order valence-electron chi connectivity index (χ2n) is 6.44. The van der Waals surface area contributed by atoms with Crippen molar-refractivity contribution in [2.24, 2.45) is 0 Å². The molecule has 5 heteroatoms. The van der Waals surface area contributed by atoms with E-state index in [9.17, 15) is 8.42 Å². The van der Waals surface area contributed by atoms with E-state index in [1.807, 2.05) is 0 Å². The molecule has 0 amide bonds. The van der Waals surface area contributed by atoms with Crippen molar-refractivity contribution in [3.63, 3.8) is 0 Å². The van der Waals surface area contributed by atoms with Gasteiger partial charge in [-0.05, 0) is 38.8 Å². The molecular weight excluding hydrogens is 298 g/mol. The van der Waals surface area contributed by atoms with E-state index in [0.29, 0.717) is 13.2 Å². The Labute approximate surface area is 134 Å². The summed E-state index contributed by atoms with van der Waals surface area (Å²) in [7, 11) is -2.98. The van der Waals surface area contributed by atoms with Crippen molar-refractivity contribution in [3.8, 4) is 0 Å². The number of ether oxygens (including phenoxy) is 1. The number of rotatable bonds is 5. The molecule has 1 saturated heterocycles. The normalized spacial score (nSPS) is 20.5. The first-order chi connectivity index (χ1) is 10.3. The minimum absolute atomic E-state index is 0.0381. The maximum Gasteiger partial charge on any atom is 0.153 e. The van der Waals surface area contributed by atoms with Crippen LogP contribution in [-0.2, 0) is 14.6 Å². The van der Waals surface area contributed by atoms with Crippen LogP contribution in [0.1, 0.15) is 36.6 Å². The van der Waals surface area contributed by atoms with Crippen LogP contribution in [-0.4, -0.2) is 50.6 Å². The predicted octanol–water partition coefficient (Wildman–Crippen LogP) is 2.50. The lowest BCUT2D eigenvalue weighted by Crippen LogP contribution is -2.41. The number of aryl methyl sites for hydroxylation is 2. The molecule has 0 aliphatic carbocycles. The maximum atomic E-state index is 12.0. The zero-order valence-electron chi connectivity index (χ0n) is 14.0. The molecule has 0 unspecified atom stereocenters. The van der Waals surface area contributed by atoms with Gasteiger partial charge in [0.1, 0.15) is 0 Å². The molecule has 1 heterocycles. The Balaban J connectivity index is 2.00. The smallest absolute Gasteiger partial charge is 0.153 e. The summed E-state index contributed by atoms with van der Waals surface area (Å²) in [5.41, 5.74) is 3.70. The highest BCUT2D eigenvalue weighted by atomic mass is 32.2. The van der Waals surface area contributed by atoms with Crippen LogP contribution in [0.3, 0.4) is 0 Å². The first-order valence-corrected chi connectivity index (χ1v) is 9.64. The molecule has 1 aliphatic heterocycles. The first-order valence-electron chi connectivity index (χ1n) is 7.92. The molecule has 1 aliphatic rings. The summed E-state index contributed by atoms with van der Waals surface area (Å²) in [6.07, 6.45) is 0.0381. The lowest BCUT2D eigenvalue weighted by molar-refractivity contribution is -0.0282. The Hall–Kier alpha value is -0.910. The average Bonchev–Trinajstić information content (AvgIpc) is 2.45. The van der Waals surface area contributed by atoms with Crippen molar-refractivity contribution in [2.75, 3.05) is 32.0 Å². The number of benzene rings is 1. The monoisotopic (exact) mass is 325 g/mol. The minimum atomic E-state index is -2.98. The zero-order chi connectivity index (χ0) is 16.3. The molecule has 4 nitrogen and oxygen atoms in total. The van der Waals surface area contributed by atoms with Gasteiger partial charge in [-0.1, -0.05) is 23.8 Å². The standard InChI is InChI=1S/C17H27NO3S/c1-13(2)22(19,20)10-8-18-7-9-21-17(12-18)16-6-5-14(3)11-15(16)4/h5-6,11,13,17H,7-10,12H2,1-4H3/t17-/m0/s1. The minimum Gasteiger partial charge on any atom is -0.371 e. The van der Waals surface area contributed by atoms with Crippen LogP contribution in [0.15, 0.2) is 18.2 Å². The SMILES string of the molecule is Cc1ccc([C@@H]2CN(CCS(=O)(=O)C(C)C)CCO2)c(C)c1. The highest BCUT2D eigenvalue weighted by Crippen LogP contribution is 2.25. The molecule has 0 saturated carbocycles. The molecule has 1 aromatic rings. The molecule has 1 atom stereocenters. The van der Waals surface area contributed by atoms with Crippen LogP contribution < -0.4 is 0 Å². The molecule has 0 spiro atoms. The summed E-state index contributed by atoms with van der Waals surface area (Å²) in [5, 5.41) is -0.302. The van der Waals surface area contributed by atoms with Gasteiger partial charge < -0.3 is 4.74 Å². The van der Waals surface area contributed by atoms with Crippen molar-refractivity contribution in [3.05, 3.63) is 34.9 Å². The van der Waals surface area contributed by atoms with Gasteiger partial charge in [0.15, 0.2) is 9.84 Å². The van der Waals surface area contributed by atoms with Crippen molar-refractivity contribution in [1.82, 2.24) is 4.90 Å². The number of hydrogen-bond donors (Lipinski definition) is 0.